The van der Waals surface area contributed by atoms with Gasteiger partial charge in [0.2, 0.25) is 6.79 Å². The van der Waals surface area contributed by atoms with Crippen molar-refractivity contribution >= 4 is 16.9 Å². The van der Waals surface area contributed by atoms with Crippen molar-refractivity contribution in [1.82, 2.24) is 9.55 Å². The Balaban J connectivity index is 0.00000231. The Morgan fingerprint density at radius 1 is 1.26 bits per heavy atom. The Kier molecular flexibility index (Phi) is 5.35. The number of carbonyl (C=O) groups is 1. The van der Waals surface area contributed by atoms with E-state index in [0.29, 0.717) is 28.4 Å². The molecule has 2 aromatic heterocycles. The molecule has 9 nitrogen and oxygen atoms in total. The van der Waals surface area contributed by atoms with E-state index in [1.807, 2.05) is 12.1 Å². The number of rotatable bonds is 4. The number of aliphatic hydroxyl groups is 2. The minimum absolute atomic E-state index is 0. The second-order valence-corrected chi connectivity index (χ2v) is 7.37. The molecular formula is C21H17N2NaO7. The third-order valence-electron chi connectivity index (χ3n) is 5.81. The van der Waals surface area contributed by atoms with Crippen molar-refractivity contribution in [3.8, 4) is 22.9 Å². The molecule has 0 saturated carbocycles. The van der Waals surface area contributed by atoms with Gasteiger partial charge in [0.1, 0.15) is 5.60 Å². The summed E-state index contributed by atoms with van der Waals surface area (Å²) in [7, 11) is 0. The molecule has 1 unspecified atom stereocenters. The molecule has 2 N–H and O–H groups in total. The van der Waals surface area contributed by atoms with Gasteiger partial charge in [0, 0.05) is 28.1 Å². The van der Waals surface area contributed by atoms with E-state index in [2.05, 4.69) is 4.98 Å². The summed E-state index contributed by atoms with van der Waals surface area (Å²) in [6.07, 6.45) is -0.229. The summed E-state index contributed by atoms with van der Waals surface area (Å²) in [5.74, 6) is -0.552. The molecule has 31 heavy (non-hydrogen) atoms. The van der Waals surface area contributed by atoms with Crippen LogP contribution in [0.1, 0.15) is 30.0 Å². The normalized spacial score (nSPS) is 15.2. The quantitative estimate of drug-likeness (QED) is 0.326. The van der Waals surface area contributed by atoms with Gasteiger partial charge in [-0.15, -0.1) is 0 Å². The monoisotopic (exact) mass is 432 g/mol. The van der Waals surface area contributed by atoms with Crippen LogP contribution >= 0.6 is 0 Å². The van der Waals surface area contributed by atoms with Crippen molar-refractivity contribution in [2.75, 3.05) is 6.79 Å². The first-order valence-corrected chi connectivity index (χ1v) is 9.43. The first-order valence-electron chi connectivity index (χ1n) is 9.43. The molecule has 1 aromatic carbocycles. The molecule has 0 fully saturated rings. The molecule has 10 heteroatoms. The molecule has 0 aliphatic carbocycles. The van der Waals surface area contributed by atoms with Crippen LogP contribution in [0.15, 0.2) is 29.1 Å². The number of carboxylic acid groups (broad SMARTS) is 1. The van der Waals surface area contributed by atoms with Crippen molar-refractivity contribution in [2.24, 2.45) is 0 Å². The summed E-state index contributed by atoms with van der Waals surface area (Å²) in [5, 5.41) is 32.9. The van der Waals surface area contributed by atoms with Gasteiger partial charge in [0.05, 0.1) is 36.0 Å². The van der Waals surface area contributed by atoms with Gasteiger partial charge in [-0.2, -0.15) is 0 Å². The van der Waals surface area contributed by atoms with E-state index in [4.69, 9.17) is 9.47 Å². The standard InChI is InChI=1S/C21H18N2O7.Na/c1-2-21(28,20(26)27)13-5-15-18-11(7-23(15)19(25)12(13)8-24)3-10-4-16-17(30-9-29-16)6-14(10)22-18;/h3-6,24,28H,2,7-9H2,1H3,(H,26,27);/q;+1/p-1. The predicted molar refractivity (Wildman–Crippen MR) is 102 cm³/mol. The van der Waals surface area contributed by atoms with E-state index in [-0.39, 0.29) is 60.4 Å². The summed E-state index contributed by atoms with van der Waals surface area (Å²) in [6, 6.07) is 6.84. The van der Waals surface area contributed by atoms with Crippen LogP contribution < -0.4 is 49.7 Å². The van der Waals surface area contributed by atoms with E-state index in [9.17, 15) is 24.9 Å². The number of ether oxygens (including phenoxy) is 2. The smallest absolute Gasteiger partial charge is 0.547 e. The van der Waals surface area contributed by atoms with Gasteiger partial charge in [-0.1, -0.05) is 6.92 Å². The number of pyridine rings is 2. The number of hydrogen-bond acceptors (Lipinski definition) is 8. The van der Waals surface area contributed by atoms with Crippen LogP contribution in [0.3, 0.4) is 0 Å². The number of aromatic nitrogens is 2. The number of fused-ring (bicyclic) bond motifs is 5. The molecule has 5 rings (SSSR count). The molecule has 0 amide bonds. The van der Waals surface area contributed by atoms with Crippen molar-refractivity contribution in [1.29, 1.82) is 0 Å². The summed E-state index contributed by atoms with van der Waals surface area (Å²) < 4.78 is 12.2. The van der Waals surface area contributed by atoms with E-state index < -0.39 is 23.7 Å². The van der Waals surface area contributed by atoms with E-state index in [1.165, 1.54) is 17.6 Å². The van der Waals surface area contributed by atoms with Crippen LogP contribution in [-0.4, -0.2) is 32.5 Å². The van der Waals surface area contributed by atoms with Crippen molar-refractivity contribution in [3.63, 3.8) is 0 Å². The van der Waals surface area contributed by atoms with Crippen LogP contribution in [0.5, 0.6) is 11.5 Å². The molecule has 0 bridgehead atoms. The molecule has 2 aliphatic rings. The maximum atomic E-state index is 13.0. The first kappa shape index (κ1) is 21.8. The maximum absolute atomic E-state index is 13.0. The average Bonchev–Trinajstić information content (AvgIpc) is 3.33. The molecule has 0 saturated heterocycles. The molecule has 0 radical (unpaired) electrons. The average molecular weight is 432 g/mol. The summed E-state index contributed by atoms with van der Waals surface area (Å²) in [5.41, 5.74) is -1.08. The Labute approximate surface area is 198 Å². The van der Waals surface area contributed by atoms with Crippen molar-refractivity contribution in [2.45, 2.75) is 32.1 Å². The Morgan fingerprint density at radius 2 is 1.97 bits per heavy atom. The molecule has 154 valence electrons. The number of carboxylic acids is 1. The van der Waals surface area contributed by atoms with Crippen LogP contribution in [-0.2, 0) is 23.5 Å². The fourth-order valence-corrected chi connectivity index (χ4v) is 4.13. The molecule has 4 heterocycles. The van der Waals surface area contributed by atoms with E-state index >= 15 is 0 Å². The maximum Gasteiger partial charge on any atom is 1.00 e. The fourth-order valence-electron chi connectivity index (χ4n) is 4.13. The molecule has 3 aromatic rings. The Morgan fingerprint density at radius 3 is 2.61 bits per heavy atom. The topological polar surface area (TPSA) is 134 Å². The van der Waals surface area contributed by atoms with Gasteiger partial charge in [0.15, 0.2) is 11.5 Å². The minimum Gasteiger partial charge on any atom is -0.547 e. The number of carbonyl (C=O) groups excluding carboxylic acids is 1. The van der Waals surface area contributed by atoms with E-state index in [1.54, 1.807) is 6.07 Å². The largest absolute Gasteiger partial charge is 1.00 e. The SMILES string of the molecule is CCC(O)(C(=O)[O-])c1cc2n(c(=O)c1CO)Cc1cc3cc4c(cc3nc1-2)OCO4.[Na+]. The molecule has 2 aliphatic heterocycles. The van der Waals surface area contributed by atoms with Gasteiger partial charge in [0.25, 0.3) is 5.56 Å². The van der Waals surface area contributed by atoms with Gasteiger partial charge in [-0.3, -0.25) is 4.79 Å². The molecule has 1 atom stereocenters. The predicted octanol–water partition coefficient (Wildman–Crippen LogP) is -3.00. The van der Waals surface area contributed by atoms with Crippen LogP contribution in [0.4, 0.5) is 0 Å². The molecular weight excluding hydrogens is 415 g/mol. The van der Waals surface area contributed by atoms with Gasteiger partial charge in [-0.25, -0.2) is 4.98 Å². The zero-order valence-electron chi connectivity index (χ0n) is 17.0. The number of aliphatic hydroxyl groups excluding tert-OH is 1. The van der Waals surface area contributed by atoms with Crippen LogP contribution in [0.2, 0.25) is 0 Å². The third-order valence-corrected chi connectivity index (χ3v) is 5.81. The van der Waals surface area contributed by atoms with Crippen molar-refractivity contribution in [3.05, 3.63) is 51.3 Å². The Bertz CT molecular complexity index is 1300. The first-order chi connectivity index (χ1) is 14.4. The molecule has 0 spiro atoms. The summed E-state index contributed by atoms with van der Waals surface area (Å²) in [4.78, 5) is 29.4. The fraction of sp³-hybridized carbons (Fsp3) is 0.286. The number of nitrogens with zero attached hydrogens (tertiary/aromatic N) is 2. The number of aliphatic carboxylic acids is 1. The van der Waals surface area contributed by atoms with Crippen molar-refractivity contribution < 1.29 is 59.1 Å². The summed E-state index contributed by atoms with van der Waals surface area (Å²) >= 11 is 0. The summed E-state index contributed by atoms with van der Waals surface area (Å²) in [6.45, 7) is 1.10. The Hall–Kier alpha value is -2.43. The minimum atomic E-state index is -2.40. The number of hydrogen-bond donors (Lipinski definition) is 2. The third kappa shape index (κ3) is 3.07. The van der Waals surface area contributed by atoms with Crippen LogP contribution in [0.25, 0.3) is 22.3 Å². The second kappa shape index (κ2) is 7.61. The van der Waals surface area contributed by atoms with Gasteiger partial charge >= 0.3 is 29.6 Å². The van der Waals surface area contributed by atoms with Gasteiger partial charge < -0.3 is 34.2 Å². The van der Waals surface area contributed by atoms with Gasteiger partial charge in [-0.05, 0) is 24.6 Å². The zero-order valence-corrected chi connectivity index (χ0v) is 19.0. The zero-order chi connectivity index (χ0) is 21.2. The van der Waals surface area contributed by atoms with Crippen LogP contribution in [0, 0.1) is 0 Å². The second-order valence-electron chi connectivity index (χ2n) is 7.37. The number of benzene rings is 1. The van der Waals surface area contributed by atoms with E-state index in [0.717, 1.165) is 10.9 Å².